The topological polar surface area (TPSA) is 24.9 Å². The lowest BCUT2D eigenvalue weighted by Gasteiger charge is -2.39. The summed E-state index contributed by atoms with van der Waals surface area (Å²) in [5, 5.41) is 4.58. The molecular weight excluding hydrogens is 240 g/mol. The van der Waals surface area contributed by atoms with Crippen molar-refractivity contribution in [1.82, 2.24) is 4.98 Å². The van der Waals surface area contributed by atoms with Gasteiger partial charge in [0.2, 0.25) is 0 Å². The zero-order valence-corrected chi connectivity index (χ0v) is 13.4. The van der Waals surface area contributed by atoms with Gasteiger partial charge in [-0.1, -0.05) is 41.5 Å². The van der Waals surface area contributed by atoms with E-state index in [0.29, 0.717) is 11.3 Å². The summed E-state index contributed by atoms with van der Waals surface area (Å²) in [7, 11) is 0. The molecule has 0 aliphatic heterocycles. The maximum absolute atomic E-state index is 4.82. The summed E-state index contributed by atoms with van der Waals surface area (Å²) in [5.41, 5.74) is 1.97. The third-order valence-corrected chi connectivity index (χ3v) is 4.96. The molecule has 1 aliphatic rings. The van der Waals surface area contributed by atoms with E-state index in [1.54, 1.807) is 0 Å². The average Bonchev–Trinajstić information content (AvgIpc) is 2.55. The number of nitrogens with one attached hydrogen (secondary N) is 1. The molecule has 0 unspecified atom stereocenters. The van der Waals surface area contributed by atoms with Gasteiger partial charge in [0.15, 0.2) is 5.13 Å². The highest BCUT2D eigenvalue weighted by Gasteiger charge is 2.39. The van der Waals surface area contributed by atoms with Gasteiger partial charge < -0.3 is 5.32 Å². The Hall–Kier alpha value is -0.570. The van der Waals surface area contributed by atoms with Crippen LogP contribution in [0, 0.1) is 11.3 Å². The maximum Gasteiger partial charge on any atom is 0.183 e. The van der Waals surface area contributed by atoms with E-state index in [1.165, 1.54) is 17.0 Å². The molecule has 0 radical (unpaired) electrons. The molecule has 0 fully saturated rings. The lowest BCUT2D eigenvalue weighted by Crippen LogP contribution is -2.33. The molecule has 1 aromatic heterocycles. The van der Waals surface area contributed by atoms with E-state index in [2.05, 4.69) is 46.9 Å². The van der Waals surface area contributed by atoms with Crippen LogP contribution in [0.2, 0.25) is 0 Å². The van der Waals surface area contributed by atoms with Crippen LogP contribution in [-0.4, -0.2) is 11.5 Å². The lowest BCUT2D eigenvalue weighted by atomic mass is 9.67. The smallest absolute Gasteiger partial charge is 0.183 e. The Kier molecular flexibility index (Phi) is 3.48. The van der Waals surface area contributed by atoms with Crippen LogP contribution in [-0.2, 0) is 11.8 Å². The molecule has 0 atom stereocenters. The molecule has 0 amide bonds. The summed E-state index contributed by atoms with van der Waals surface area (Å²) >= 11 is 1.86. The summed E-state index contributed by atoms with van der Waals surface area (Å²) in [6.07, 6.45) is 2.37. The van der Waals surface area contributed by atoms with Crippen molar-refractivity contribution in [2.45, 2.75) is 59.8 Å². The molecule has 1 N–H and O–H groups in total. The van der Waals surface area contributed by atoms with Gasteiger partial charge in [-0.3, -0.25) is 0 Å². The predicted octanol–water partition coefficient (Wildman–Crippen LogP) is 4.46. The minimum Gasteiger partial charge on any atom is -0.361 e. The van der Waals surface area contributed by atoms with Crippen LogP contribution in [0.15, 0.2) is 0 Å². The minimum absolute atomic E-state index is 0.270. The van der Waals surface area contributed by atoms with E-state index >= 15 is 0 Å². The van der Waals surface area contributed by atoms with Gasteiger partial charge in [-0.05, 0) is 24.2 Å². The highest BCUT2D eigenvalue weighted by atomic mass is 32.1. The number of fused-ring (bicyclic) bond motifs is 1. The fourth-order valence-corrected chi connectivity index (χ4v) is 4.25. The first-order valence-corrected chi connectivity index (χ1v) is 7.75. The van der Waals surface area contributed by atoms with Crippen molar-refractivity contribution >= 4 is 16.5 Å². The molecule has 2 rings (SSSR count). The monoisotopic (exact) mass is 266 g/mol. The number of thiazole rings is 1. The zero-order chi connectivity index (χ0) is 13.6. The second-order valence-corrected chi connectivity index (χ2v) is 8.47. The minimum atomic E-state index is 0.270. The molecule has 1 aromatic rings. The van der Waals surface area contributed by atoms with Gasteiger partial charge in [-0.15, -0.1) is 11.3 Å². The summed E-state index contributed by atoms with van der Waals surface area (Å²) in [6.45, 7) is 14.9. The molecule has 0 saturated heterocycles. The van der Waals surface area contributed by atoms with Gasteiger partial charge in [-0.25, -0.2) is 4.98 Å². The third-order valence-electron chi connectivity index (χ3n) is 3.54. The van der Waals surface area contributed by atoms with Crippen molar-refractivity contribution in [3.8, 4) is 0 Å². The first kappa shape index (κ1) is 13.9. The Labute approximate surface area is 115 Å². The number of nitrogens with zero attached hydrogens (tertiary/aromatic N) is 1. The number of aromatic nitrogens is 1. The molecule has 0 bridgehead atoms. The van der Waals surface area contributed by atoms with Gasteiger partial charge in [0, 0.05) is 16.8 Å². The van der Waals surface area contributed by atoms with E-state index in [-0.39, 0.29) is 5.41 Å². The molecule has 102 valence electrons. The largest absolute Gasteiger partial charge is 0.361 e. The predicted molar refractivity (Wildman–Crippen MR) is 80.6 cm³/mol. The van der Waals surface area contributed by atoms with Crippen LogP contribution >= 0.6 is 11.3 Å². The molecule has 1 heterocycles. The maximum atomic E-state index is 4.82. The van der Waals surface area contributed by atoms with Crippen LogP contribution in [0.4, 0.5) is 5.13 Å². The normalized spacial score (nSPS) is 20.8. The summed E-state index contributed by atoms with van der Waals surface area (Å²) in [4.78, 5) is 6.31. The highest BCUT2D eigenvalue weighted by Crippen LogP contribution is 2.48. The molecule has 1 aliphatic carbocycles. The second kappa shape index (κ2) is 4.52. The van der Waals surface area contributed by atoms with Crippen molar-refractivity contribution in [2.75, 3.05) is 11.9 Å². The highest BCUT2D eigenvalue weighted by molar-refractivity contribution is 7.15. The Balaban J connectivity index is 2.25. The number of hydrogen-bond acceptors (Lipinski definition) is 3. The van der Waals surface area contributed by atoms with Crippen LogP contribution in [0.5, 0.6) is 0 Å². The van der Waals surface area contributed by atoms with E-state index in [1.807, 2.05) is 11.3 Å². The Morgan fingerprint density at radius 1 is 1.28 bits per heavy atom. The number of rotatable bonds is 3. The van der Waals surface area contributed by atoms with Crippen LogP contribution in [0.25, 0.3) is 0 Å². The van der Waals surface area contributed by atoms with Crippen molar-refractivity contribution in [3.05, 3.63) is 10.6 Å². The number of anilines is 1. The average molecular weight is 266 g/mol. The summed E-state index contributed by atoms with van der Waals surface area (Å²) in [6, 6.07) is 0. The van der Waals surface area contributed by atoms with Crippen molar-refractivity contribution in [1.29, 1.82) is 0 Å². The number of hydrogen-bond donors (Lipinski definition) is 1. The van der Waals surface area contributed by atoms with E-state index in [4.69, 9.17) is 4.98 Å². The molecule has 18 heavy (non-hydrogen) atoms. The quantitative estimate of drug-likeness (QED) is 0.873. The molecule has 0 aromatic carbocycles. The molecule has 0 saturated carbocycles. The fraction of sp³-hybridized carbons (Fsp3) is 0.800. The van der Waals surface area contributed by atoms with Gasteiger partial charge in [-0.2, -0.15) is 0 Å². The van der Waals surface area contributed by atoms with Crippen molar-refractivity contribution in [2.24, 2.45) is 11.3 Å². The van der Waals surface area contributed by atoms with Crippen LogP contribution < -0.4 is 5.32 Å². The van der Waals surface area contributed by atoms with Crippen LogP contribution in [0.1, 0.15) is 58.5 Å². The second-order valence-electron chi connectivity index (χ2n) is 7.47. The Bertz CT molecular complexity index is 430. The molecular formula is C15H26N2S. The van der Waals surface area contributed by atoms with Crippen molar-refractivity contribution < 1.29 is 0 Å². The van der Waals surface area contributed by atoms with E-state index in [9.17, 15) is 0 Å². The first-order chi connectivity index (χ1) is 8.20. The fourth-order valence-electron chi connectivity index (χ4n) is 3.16. The van der Waals surface area contributed by atoms with Gasteiger partial charge in [0.25, 0.3) is 0 Å². The molecule has 0 spiro atoms. The van der Waals surface area contributed by atoms with Gasteiger partial charge in [0.05, 0.1) is 5.69 Å². The van der Waals surface area contributed by atoms with E-state index < -0.39 is 0 Å². The standard InChI is InChI=1S/C15H26N2S/c1-10(2)8-16-13-17-11-7-14(3,4)9-15(5,6)12(11)18-13/h10H,7-9H2,1-6H3,(H,16,17). The zero-order valence-electron chi connectivity index (χ0n) is 12.6. The van der Waals surface area contributed by atoms with Gasteiger partial charge in [0.1, 0.15) is 0 Å². The van der Waals surface area contributed by atoms with Crippen LogP contribution in [0.3, 0.4) is 0 Å². The molecule has 2 nitrogen and oxygen atoms in total. The summed E-state index contributed by atoms with van der Waals surface area (Å²) in [5.74, 6) is 0.662. The molecule has 3 heteroatoms. The lowest BCUT2D eigenvalue weighted by molar-refractivity contribution is 0.232. The Morgan fingerprint density at radius 2 is 1.94 bits per heavy atom. The first-order valence-electron chi connectivity index (χ1n) is 6.94. The summed E-state index contributed by atoms with van der Waals surface area (Å²) < 4.78 is 0. The van der Waals surface area contributed by atoms with Crippen molar-refractivity contribution in [3.63, 3.8) is 0 Å². The van der Waals surface area contributed by atoms with Gasteiger partial charge >= 0.3 is 0 Å². The third kappa shape index (κ3) is 2.87. The Morgan fingerprint density at radius 3 is 2.56 bits per heavy atom. The SMILES string of the molecule is CC(C)CNc1nc2c(s1)C(C)(C)CC(C)(C)C2. The van der Waals surface area contributed by atoms with E-state index in [0.717, 1.165) is 18.1 Å².